The van der Waals surface area contributed by atoms with Crippen molar-refractivity contribution in [1.82, 2.24) is 0 Å². The maximum absolute atomic E-state index is 12.3. The van der Waals surface area contributed by atoms with Gasteiger partial charge in [-0.15, -0.1) is 0 Å². The topological polar surface area (TPSA) is 72.8 Å². The van der Waals surface area contributed by atoms with E-state index < -0.39 is 6.10 Å². The van der Waals surface area contributed by atoms with Crippen molar-refractivity contribution >= 4 is 11.9 Å². The van der Waals surface area contributed by atoms with Gasteiger partial charge in [-0.05, 0) is 12.8 Å². The largest absolute Gasteiger partial charge is 0.462 e. The monoisotopic (exact) mass is 975 g/mol. The van der Waals surface area contributed by atoms with Crippen LogP contribution < -0.4 is 0 Å². The van der Waals surface area contributed by atoms with E-state index in [4.69, 9.17) is 9.47 Å². The Morgan fingerprint density at radius 2 is 0.449 bits per heavy atom. The fourth-order valence-corrected chi connectivity index (χ4v) is 10.3. The van der Waals surface area contributed by atoms with Gasteiger partial charge >= 0.3 is 11.9 Å². The van der Waals surface area contributed by atoms with E-state index >= 15 is 0 Å². The van der Waals surface area contributed by atoms with Crippen molar-refractivity contribution in [2.45, 2.75) is 386 Å². The molecule has 0 aromatic carbocycles. The van der Waals surface area contributed by atoms with Crippen LogP contribution in [-0.2, 0) is 19.1 Å². The standard InChI is InChI=1S/C64H126O5/c1-3-5-7-9-11-13-15-17-19-21-23-25-26-27-28-29-30-31-32-33-34-35-36-37-39-41-43-45-47-49-51-53-55-57-59-64(67)69-62(60-65)61-68-63(66)58-56-54-52-50-48-46-44-42-40-38-24-22-20-18-16-14-12-10-8-6-4-2/h62,65H,3-61H2,1-2H3. The Morgan fingerprint density at radius 3 is 0.638 bits per heavy atom. The number of hydrogen-bond acceptors (Lipinski definition) is 5. The maximum Gasteiger partial charge on any atom is 0.306 e. The van der Waals surface area contributed by atoms with Crippen molar-refractivity contribution in [2.75, 3.05) is 13.2 Å². The van der Waals surface area contributed by atoms with Gasteiger partial charge < -0.3 is 14.6 Å². The number of unbranched alkanes of at least 4 members (excludes halogenated alkanes) is 53. The molecule has 0 aromatic heterocycles. The van der Waals surface area contributed by atoms with Gasteiger partial charge in [-0.2, -0.15) is 0 Å². The van der Waals surface area contributed by atoms with Crippen molar-refractivity contribution < 1.29 is 24.2 Å². The second-order valence-electron chi connectivity index (χ2n) is 22.2. The summed E-state index contributed by atoms with van der Waals surface area (Å²) in [7, 11) is 0. The number of hydrogen-bond donors (Lipinski definition) is 1. The van der Waals surface area contributed by atoms with Gasteiger partial charge in [0.25, 0.3) is 0 Å². The smallest absolute Gasteiger partial charge is 0.306 e. The SMILES string of the molecule is CCCCCCCCCCCCCCCCCCCCCCCCCCCCCCCCCCCCC(=O)OC(CO)COC(=O)CCCCCCCCCCCCCCCCCCCCCCC. The molecular weight excluding hydrogens is 849 g/mol. The van der Waals surface area contributed by atoms with Crippen LogP contribution in [0.3, 0.4) is 0 Å². The third-order valence-electron chi connectivity index (χ3n) is 15.2. The average molecular weight is 976 g/mol. The highest BCUT2D eigenvalue weighted by Gasteiger charge is 2.16. The Labute approximate surface area is 433 Å². The molecule has 0 rings (SSSR count). The molecule has 1 N–H and O–H groups in total. The Bertz CT molecular complexity index is 968. The number of esters is 2. The normalized spacial score (nSPS) is 12.0. The lowest BCUT2D eigenvalue weighted by Crippen LogP contribution is -2.28. The lowest BCUT2D eigenvalue weighted by Gasteiger charge is -2.15. The number of carbonyl (C=O) groups excluding carboxylic acids is 2. The van der Waals surface area contributed by atoms with Crippen LogP contribution in [0.2, 0.25) is 0 Å². The summed E-state index contributed by atoms with van der Waals surface area (Å²) in [5.41, 5.74) is 0. The molecular formula is C64H126O5. The molecule has 0 aliphatic rings. The lowest BCUT2D eigenvalue weighted by molar-refractivity contribution is -0.161. The van der Waals surface area contributed by atoms with Gasteiger partial charge in [-0.1, -0.05) is 354 Å². The van der Waals surface area contributed by atoms with Crippen molar-refractivity contribution in [3.8, 4) is 0 Å². The Kier molecular flexibility index (Phi) is 60.2. The minimum atomic E-state index is -0.765. The molecule has 0 fully saturated rings. The molecule has 1 unspecified atom stereocenters. The zero-order valence-electron chi connectivity index (χ0n) is 47.4. The molecule has 0 saturated carbocycles. The summed E-state index contributed by atoms with van der Waals surface area (Å²) >= 11 is 0. The van der Waals surface area contributed by atoms with E-state index in [1.165, 1.54) is 321 Å². The summed E-state index contributed by atoms with van der Waals surface area (Å²) in [6, 6.07) is 0. The number of aliphatic hydroxyl groups is 1. The van der Waals surface area contributed by atoms with E-state index in [9.17, 15) is 14.7 Å². The quantitative estimate of drug-likeness (QED) is 0.0486. The molecule has 0 saturated heterocycles. The van der Waals surface area contributed by atoms with Crippen LogP contribution in [0.1, 0.15) is 380 Å². The molecule has 0 bridgehead atoms. The van der Waals surface area contributed by atoms with E-state index in [0.29, 0.717) is 12.8 Å². The fraction of sp³-hybridized carbons (Fsp3) is 0.969. The third-order valence-corrected chi connectivity index (χ3v) is 15.2. The summed E-state index contributed by atoms with van der Waals surface area (Å²) in [5.74, 6) is -0.561. The molecule has 0 aliphatic heterocycles. The van der Waals surface area contributed by atoms with Crippen molar-refractivity contribution in [1.29, 1.82) is 0 Å². The van der Waals surface area contributed by atoms with Gasteiger partial charge in [0.1, 0.15) is 6.61 Å². The van der Waals surface area contributed by atoms with Crippen LogP contribution in [0, 0.1) is 0 Å². The molecule has 1 atom stereocenters. The van der Waals surface area contributed by atoms with E-state index in [1.54, 1.807) is 0 Å². The molecule has 0 aliphatic carbocycles. The van der Waals surface area contributed by atoms with Gasteiger partial charge in [-0.3, -0.25) is 9.59 Å². The Hall–Kier alpha value is -1.10. The summed E-state index contributed by atoms with van der Waals surface area (Å²) in [4.78, 5) is 24.6. The zero-order chi connectivity index (χ0) is 49.9. The van der Waals surface area contributed by atoms with E-state index in [0.717, 1.165) is 32.1 Å². The van der Waals surface area contributed by atoms with Crippen LogP contribution in [-0.4, -0.2) is 36.4 Å². The lowest BCUT2D eigenvalue weighted by atomic mass is 10.0. The van der Waals surface area contributed by atoms with Crippen LogP contribution in [0.15, 0.2) is 0 Å². The van der Waals surface area contributed by atoms with Gasteiger partial charge in [-0.25, -0.2) is 0 Å². The number of aliphatic hydroxyl groups excluding tert-OH is 1. The first kappa shape index (κ1) is 67.9. The van der Waals surface area contributed by atoms with Crippen LogP contribution >= 0.6 is 0 Å². The minimum absolute atomic E-state index is 0.0555. The number of ether oxygens (including phenoxy) is 2. The van der Waals surface area contributed by atoms with Crippen molar-refractivity contribution in [3.05, 3.63) is 0 Å². The number of rotatable bonds is 61. The highest BCUT2D eigenvalue weighted by atomic mass is 16.6. The van der Waals surface area contributed by atoms with Crippen molar-refractivity contribution in [3.63, 3.8) is 0 Å². The van der Waals surface area contributed by atoms with Crippen LogP contribution in [0.25, 0.3) is 0 Å². The molecule has 0 heterocycles. The maximum atomic E-state index is 12.3. The van der Waals surface area contributed by atoms with E-state index in [1.807, 2.05) is 0 Å². The first-order valence-corrected chi connectivity index (χ1v) is 32.1. The van der Waals surface area contributed by atoms with E-state index in [-0.39, 0.29) is 25.2 Å². The first-order chi connectivity index (χ1) is 34.1. The van der Waals surface area contributed by atoms with Crippen LogP contribution in [0.5, 0.6) is 0 Å². The molecule has 5 nitrogen and oxygen atoms in total. The summed E-state index contributed by atoms with van der Waals surface area (Å²) in [5, 5.41) is 9.67. The number of carbonyl (C=O) groups is 2. The highest BCUT2D eigenvalue weighted by molar-refractivity contribution is 5.70. The predicted molar refractivity (Wildman–Crippen MR) is 302 cm³/mol. The Balaban J connectivity index is 3.35. The molecule has 5 heteroatoms. The molecule has 0 radical (unpaired) electrons. The predicted octanol–water partition coefficient (Wildman–Crippen LogP) is 21.7. The Morgan fingerprint density at radius 1 is 0.275 bits per heavy atom. The molecule has 0 amide bonds. The molecule has 69 heavy (non-hydrogen) atoms. The summed E-state index contributed by atoms with van der Waals surface area (Å²) in [6.45, 7) is 4.22. The van der Waals surface area contributed by atoms with Crippen LogP contribution in [0.4, 0.5) is 0 Å². The second kappa shape index (κ2) is 61.2. The van der Waals surface area contributed by atoms with Gasteiger partial charge in [0.05, 0.1) is 6.61 Å². The van der Waals surface area contributed by atoms with Crippen molar-refractivity contribution in [2.24, 2.45) is 0 Å². The average Bonchev–Trinajstić information content (AvgIpc) is 3.35. The molecule has 0 spiro atoms. The van der Waals surface area contributed by atoms with Gasteiger partial charge in [0.2, 0.25) is 0 Å². The second-order valence-corrected chi connectivity index (χ2v) is 22.2. The molecule has 412 valence electrons. The zero-order valence-corrected chi connectivity index (χ0v) is 47.4. The fourth-order valence-electron chi connectivity index (χ4n) is 10.3. The third kappa shape index (κ3) is 59.4. The first-order valence-electron chi connectivity index (χ1n) is 32.1. The molecule has 0 aromatic rings. The van der Waals surface area contributed by atoms with Gasteiger partial charge in [0.15, 0.2) is 6.10 Å². The van der Waals surface area contributed by atoms with E-state index in [2.05, 4.69) is 13.8 Å². The van der Waals surface area contributed by atoms with Gasteiger partial charge in [0, 0.05) is 12.8 Å². The summed E-state index contributed by atoms with van der Waals surface area (Å²) < 4.78 is 10.7. The minimum Gasteiger partial charge on any atom is -0.462 e. The summed E-state index contributed by atoms with van der Waals surface area (Å²) in [6.07, 6.45) is 75.5. The highest BCUT2D eigenvalue weighted by Crippen LogP contribution is 2.19.